The van der Waals surface area contributed by atoms with E-state index >= 15 is 0 Å². The fourth-order valence-electron chi connectivity index (χ4n) is 4.64. The SMILES string of the molecule is COc1cc(F)cc2c1nc(N)n1nc(C3CC(C)CN(c4cnn(C(C)(C)CO)c4)C3)nc21. The summed E-state index contributed by atoms with van der Waals surface area (Å²) in [6.07, 6.45) is 4.70. The highest BCUT2D eigenvalue weighted by Crippen LogP contribution is 2.34. The van der Waals surface area contributed by atoms with Crippen LogP contribution in [0.5, 0.6) is 5.75 Å². The standard InChI is InChI=1S/C23H29FN8O2/c1-13-5-14(10-30(9-13)16-8-26-31(11-16)23(2,3)12-33)20-28-21-17-6-15(24)7-18(34-4)19(17)27-22(25)32(21)29-20/h6-8,11,13-14,33H,5,9-10,12H2,1-4H3,(H2,25,27). The summed E-state index contributed by atoms with van der Waals surface area (Å²) >= 11 is 0. The summed E-state index contributed by atoms with van der Waals surface area (Å²) in [5.41, 5.74) is 7.60. The molecule has 2 atom stereocenters. The van der Waals surface area contributed by atoms with Gasteiger partial charge in [0.05, 0.1) is 36.5 Å². The van der Waals surface area contributed by atoms with E-state index in [9.17, 15) is 9.50 Å². The molecule has 0 amide bonds. The van der Waals surface area contributed by atoms with Gasteiger partial charge in [0.2, 0.25) is 5.95 Å². The zero-order valence-electron chi connectivity index (χ0n) is 19.7. The van der Waals surface area contributed by atoms with Gasteiger partial charge in [-0.05, 0) is 32.3 Å². The van der Waals surface area contributed by atoms with Crippen molar-refractivity contribution in [2.24, 2.45) is 5.92 Å². The molecule has 1 aliphatic rings. The Bertz CT molecular complexity index is 1360. The first-order valence-corrected chi connectivity index (χ1v) is 11.3. The molecular weight excluding hydrogens is 439 g/mol. The Morgan fingerprint density at radius 2 is 2.06 bits per heavy atom. The minimum Gasteiger partial charge on any atom is -0.494 e. The van der Waals surface area contributed by atoms with Gasteiger partial charge in [-0.1, -0.05) is 6.92 Å². The Morgan fingerprint density at radius 1 is 1.26 bits per heavy atom. The lowest BCUT2D eigenvalue weighted by atomic mass is 9.89. The van der Waals surface area contributed by atoms with Gasteiger partial charge in [0.15, 0.2) is 11.5 Å². The number of nitrogen functional groups attached to an aromatic ring is 1. The molecule has 0 spiro atoms. The molecule has 2 unspecified atom stereocenters. The fraction of sp³-hybridized carbons (Fsp3) is 0.478. The maximum atomic E-state index is 14.2. The van der Waals surface area contributed by atoms with E-state index in [1.54, 1.807) is 4.68 Å². The zero-order valence-corrected chi connectivity index (χ0v) is 19.7. The lowest BCUT2D eigenvalue weighted by Crippen LogP contribution is -2.39. The van der Waals surface area contributed by atoms with Crippen molar-refractivity contribution in [1.29, 1.82) is 0 Å². The minimum absolute atomic E-state index is 0.00684. The molecular formula is C23H29FN8O2. The summed E-state index contributed by atoms with van der Waals surface area (Å²) in [5, 5.41) is 19.3. The van der Waals surface area contributed by atoms with Gasteiger partial charge in [-0.15, -0.1) is 5.10 Å². The maximum Gasteiger partial charge on any atom is 0.223 e. The Hall–Kier alpha value is -3.47. The molecule has 180 valence electrons. The topological polar surface area (TPSA) is 120 Å². The number of halogens is 1. The lowest BCUT2D eigenvalue weighted by Gasteiger charge is -2.36. The van der Waals surface area contributed by atoms with Crippen LogP contribution in [-0.2, 0) is 5.54 Å². The van der Waals surface area contributed by atoms with Crippen molar-refractivity contribution in [3.63, 3.8) is 0 Å². The van der Waals surface area contributed by atoms with Gasteiger partial charge < -0.3 is 20.5 Å². The summed E-state index contributed by atoms with van der Waals surface area (Å²) in [7, 11) is 1.47. The number of ether oxygens (including phenoxy) is 1. The number of fused-ring (bicyclic) bond motifs is 3. The predicted molar refractivity (Wildman–Crippen MR) is 127 cm³/mol. The molecule has 0 saturated carbocycles. The summed E-state index contributed by atoms with van der Waals surface area (Å²) in [6.45, 7) is 7.65. The van der Waals surface area contributed by atoms with Crippen molar-refractivity contribution in [2.75, 3.05) is 37.4 Å². The van der Waals surface area contributed by atoms with Gasteiger partial charge in [-0.3, -0.25) is 4.68 Å². The lowest BCUT2D eigenvalue weighted by molar-refractivity contribution is 0.152. The van der Waals surface area contributed by atoms with E-state index in [1.165, 1.54) is 23.8 Å². The first-order chi connectivity index (χ1) is 16.2. The smallest absolute Gasteiger partial charge is 0.223 e. The molecule has 0 aliphatic carbocycles. The van der Waals surface area contributed by atoms with Gasteiger partial charge >= 0.3 is 0 Å². The van der Waals surface area contributed by atoms with Crippen molar-refractivity contribution in [2.45, 2.75) is 38.6 Å². The number of nitrogens with two attached hydrogens (primary N) is 1. The Labute approximate surface area is 196 Å². The Kier molecular flexibility index (Phi) is 5.31. The number of aromatic nitrogens is 6. The number of piperidine rings is 1. The van der Waals surface area contributed by atoms with E-state index in [-0.39, 0.29) is 18.5 Å². The summed E-state index contributed by atoms with van der Waals surface area (Å²) < 4.78 is 22.8. The number of rotatable bonds is 5. The highest BCUT2D eigenvalue weighted by atomic mass is 19.1. The van der Waals surface area contributed by atoms with Crippen LogP contribution < -0.4 is 15.4 Å². The highest BCUT2D eigenvalue weighted by Gasteiger charge is 2.31. The van der Waals surface area contributed by atoms with Crippen LogP contribution >= 0.6 is 0 Å². The molecule has 1 aromatic carbocycles. The molecule has 0 radical (unpaired) electrons. The number of methoxy groups -OCH3 is 1. The molecule has 5 rings (SSSR count). The van der Waals surface area contributed by atoms with Crippen molar-refractivity contribution in [3.05, 3.63) is 36.2 Å². The molecule has 4 aromatic rings. The number of nitrogens with zero attached hydrogens (tertiary/aromatic N) is 7. The molecule has 10 nitrogen and oxygen atoms in total. The second-order valence-corrected chi connectivity index (χ2v) is 9.74. The van der Waals surface area contributed by atoms with Crippen molar-refractivity contribution in [1.82, 2.24) is 29.4 Å². The number of aliphatic hydroxyl groups excluding tert-OH is 1. The third-order valence-electron chi connectivity index (χ3n) is 6.53. The van der Waals surface area contributed by atoms with Crippen LogP contribution in [0.25, 0.3) is 16.6 Å². The second kappa shape index (κ2) is 8.08. The number of aliphatic hydroxyl groups is 1. The molecule has 1 saturated heterocycles. The first kappa shape index (κ1) is 22.3. The van der Waals surface area contributed by atoms with E-state index in [0.29, 0.717) is 40.6 Å². The van der Waals surface area contributed by atoms with Crippen molar-refractivity contribution >= 4 is 28.2 Å². The average molecular weight is 469 g/mol. The third-order valence-corrected chi connectivity index (χ3v) is 6.53. The first-order valence-electron chi connectivity index (χ1n) is 11.3. The number of hydrogen-bond donors (Lipinski definition) is 2. The van der Waals surface area contributed by atoms with Gasteiger partial charge in [-0.2, -0.15) is 9.61 Å². The molecule has 3 aromatic heterocycles. The van der Waals surface area contributed by atoms with Gasteiger partial charge in [0.25, 0.3) is 0 Å². The van der Waals surface area contributed by atoms with Crippen molar-refractivity contribution in [3.8, 4) is 5.75 Å². The molecule has 4 heterocycles. The van der Waals surface area contributed by atoms with E-state index in [2.05, 4.69) is 27.0 Å². The van der Waals surface area contributed by atoms with Crippen LogP contribution in [0.1, 0.15) is 38.9 Å². The summed E-state index contributed by atoms with van der Waals surface area (Å²) in [4.78, 5) is 11.4. The van der Waals surface area contributed by atoms with E-state index in [0.717, 1.165) is 18.7 Å². The van der Waals surface area contributed by atoms with Crippen LogP contribution in [0.15, 0.2) is 24.5 Å². The third kappa shape index (κ3) is 3.69. The number of benzene rings is 1. The zero-order chi connectivity index (χ0) is 24.2. The van der Waals surface area contributed by atoms with Crippen LogP contribution in [0.3, 0.4) is 0 Å². The second-order valence-electron chi connectivity index (χ2n) is 9.74. The number of hydrogen-bond acceptors (Lipinski definition) is 8. The quantitative estimate of drug-likeness (QED) is 0.459. The average Bonchev–Trinajstić information content (AvgIpc) is 3.48. The van der Waals surface area contributed by atoms with Gasteiger partial charge in [-0.25, -0.2) is 14.4 Å². The largest absolute Gasteiger partial charge is 0.494 e. The van der Waals surface area contributed by atoms with Gasteiger partial charge in [0, 0.05) is 31.3 Å². The van der Waals surface area contributed by atoms with Crippen LogP contribution in [0.4, 0.5) is 16.0 Å². The molecule has 1 aliphatic heterocycles. The number of anilines is 2. The van der Waals surface area contributed by atoms with E-state index < -0.39 is 11.4 Å². The molecule has 3 N–H and O–H groups in total. The minimum atomic E-state index is -0.482. The highest BCUT2D eigenvalue weighted by molar-refractivity contribution is 5.95. The predicted octanol–water partition coefficient (Wildman–Crippen LogP) is 2.56. The summed E-state index contributed by atoms with van der Waals surface area (Å²) in [5.74, 6) is 1.10. The Balaban J connectivity index is 1.52. The molecule has 1 fully saturated rings. The van der Waals surface area contributed by atoms with Crippen LogP contribution in [0.2, 0.25) is 0 Å². The maximum absolute atomic E-state index is 14.2. The van der Waals surface area contributed by atoms with Crippen molar-refractivity contribution < 1.29 is 14.2 Å². The Morgan fingerprint density at radius 3 is 2.79 bits per heavy atom. The van der Waals surface area contributed by atoms with E-state index in [1.807, 2.05) is 26.2 Å². The van der Waals surface area contributed by atoms with Crippen LogP contribution in [0, 0.1) is 11.7 Å². The molecule has 0 bridgehead atoms. The van der Waals surface area contributed by atoms with Gasteiger partial charge in [0.1, 0.15) is 17.1 Å². The van der Waals surface area contributed by atoms with E-state index in [4.69, 9.17) is 15.5 Å². The fourth-order valence-corrected chi connectivity index (χ4v) is 4.64. The molecule has 11 heteroatoms. The van der Waals surface area contributed by atoms with Crippen LogP contribution in [-0.4, -0.2) is 61.3 Å². The summed E-state index contributed by atoms with van der Waals surface area (Å²) in [6, 6.07) is 2.66. The molecule has 34 heavy (non-hydrogen) atoms. The monoisotopic (exact) mass is 468 g/mol. The normalized spacial score (nSPS) is 19.3.